The predicted molar refractivity (Wildman–Crippen MR) is 92.8 cm³/mol. The Kier molecular flexibility index (Phi) is 4.29. The number of aryl methyl sites for hydroxylation is 1. The van der Waals surface area contributed by atoms with E-state index in [4.69, 9.17) is 0 Å². The van der Waals surface area contributed by atoms with Gasteiger partial charge in [0.2, 0.25) is 0 Å². The van der Waals surface area contributed by atoms with E-state index in [-0.39, 0.29) is 17.2 Å². The van der Waals surface area contributed by atoms with Gasteiger partial charge in [0.05, 0.1) is 5.56 Å². The van der Waals surface area contributed by atoms with Gasteiger partial charge in [-0.3, -0.25) is 9.59 Å². The first-order valence-corrected chi connectivity index (χ1v) is 7.99. The van der Waals surface area contributed by atoms with E-state index in [1.165, 1.54) is 23.0 Å². The van der Waals surface area contributed by atoms with Gasteiger partial charge in [-0.15, -0.1) is 0 Å². The van der Waals surface area contributed by atoms with Crippen molar-refractivity contribution in [3.63, 3.8) is 0 Å². The molecule has 1 aliphatic heterocycles. The van der Waals surface area contributed by atoms with Gasteiger partial charge in [-0.05, 0) is 31.0 Å². The number of carbonyl (C=O) groups is 1. The summed E-state index contributed by atoms with van der Waals surface area (Å²) in [6.07, 6.45) is 1.27. The van der Waals surface area contributed by atoms with Crippen molar-refractivity contribution < 1.29 is 9.90 Å². The molecule has 1 aliphatic rings. The summed E-state index contributed by atoms with van der Waals surface area (Å²) in [6, 6.07) is 7.28. The number of carbonyl (C=O) groups excluding carboxylic acids is 1. The molecule has 2 heterocycles. The second kappa shape index (κ2) is 6.39. The maximum atomic E-state index is 12.5. The zero-order valence-corrected chi connectivity index (χ0v) is 13.9. The summed E-state index contributed by atoms with van der Waals surface area (Å²) in [6.45, 7) is 6.83. The number of rotatable bonds is 2. The highest BCUT2D eigenvalue weighted by atomic mass is 16.3. The van der Waals surface area contributed by atoms with Gasteiger partial charge in [0.1, 0.15) is 5.75 Å². The van der Waals surface area contributed by atoms with Gasteiger partial charge >= 0.3 is 0 Å². The van der Waals surface area contributed by atoms with Crippen molar-refractivity contribution in [1.82, 2.24) is 9.88 Å². The topological polar surface area (TPSA) is 76.6 Å². The molecule has 1 aromatic heterocycles. The van der Waals surface area contributed by atoms with E-state index in [0.717, 1.165) is 19.2 Å². The van der Waals surface area contributed by atoms with E-state index in [2.05, 4.69) is 35.9 Å². The molecule has 0 bridgehead atoms. The minimum atomic E-state index is -0.427. The molecule has 2 aromatic rings. The summed E-state index contributed by atoms with van der Waals surface area (Å²) < 4.78 is 0. The third kappa shape index (κ3) is 2.99. The van der Waals surface area contributed by atoms with Gasteiger partial charge in [-0.2, -0.15) is 0 Å². The van der Waals surface area contributed by atoms with Gasteiger partial charge in [-0.1, -0.05) is 12.1 Å². The number of anilines is 1. The highest BCUT2D eigenvalue weighted by Crippen LogP contribution is 2.24. The molecule has 0 radical (unpaired) electrons. The van der Waals surface area contributed by atoms with Gasteiger partial charge in [-0.25, -0.2) is 0 Å². The number of piperazine rings is 1. The number of nitrogens with one attached hydrogen (secondary N) is 1. The Morgan fingerprint density at radius 3 is 2.54 bits per heavy atom. The zero-order chi connectivity index (χ0) is 17.3. The predicted octanol–water partition coefficient (Wildman–Crippen LogP) is 1.66. The summed E-state index contributed by atoms with van der Waals surface area (Å²) in [5.41, 5.74) is 3.42. The SMILES string of the molecule is Cc1cccc(N2CCN(C(=O)c3c[nH]c(=O)cc3O)CC2)c1C. The lowest BCUT2D eigenvalue weighted by Crippen LogP contribution is -2.49. The maximum absolute atomic E-state index is 12.5. The number of H-pyrrole nitrogens is 1. The first-order chi connectivity index (χ1) is 11.5. The standard InChI is InChI=1S/C18H21N3O3/c1-12-4-3-5-15(13(12)2)20-6-8-21(9-7-20)18(24)14-11-19-17(23)10-16(14)22/h3-5,10-11H,6-9H2,1-2H3,(H2,19,22,23). The van der Waals surface area contributed by atoms with Crippen LogP contribution in [0.25, 0.3) is 0 Å². The Morgan fingerprint density at radius 1 is 1.17 bits per heavy atom. The molecule has 0 aliphatic carbocycles. The third-order valence-corrected chi connectivity index (χ3v) is 4.62. The number of hydrogen-bond acceptors (Lipinski definition) is 4. The van der Waals surface area contributed by atoms with Crippen LogP contribution in [0.5, 0.6) is 5.75 Å². The second-order valence-electron chi connectivity index (χ2n) is 6.09. The normalized spacial score (nSPS) is 14.8. The quantitative estimate of drug-likeness (QED) is 0.879. The fourth-order valence-corrected chi connectivity index (χ4v) is 3.03. The smallest absolute Gasteiger partial charge is 0.259 e. The fraction of sp³-hybridized carbons (Fsp3) is 0.333. The van der Waals surface area contributed by atoms with Crippen LogP contribution >= 0.6 is 0 Å². The number of hydrogen-bond donors (Lipinski definition) is 2. The lowest BCUT2D eigenvalue weighted by Gasteiger charge is -2.37. The summed E-state index contributed by atoms with van der Waals surface area (Å²) >= 11 is 0. The zero-order valence-electron chi connectivity index (χ0n) is 13.9. The number of amides is 1. The summed E-state index contributed by atoms with van der Waals surface area (Å²) in [5, 5.41) is 9.81. The largest absolute Gasteiger partial charge is 0.507 e. The number of benzene rings is 1. The summed E-state index contributed by atoms with van der Waals surface area (Å²) in [7, 11) is 0. The van der Waals surface area contributed by atoms with Gasteiger partial charge in [0, 0.05) is 44.1 Å². The van der Waals surface area contributed by atoms with Crippen LogP contribution < -0.4 is 10.5 Å². The van der Waals surface area contributed by atoms with E-state index >= 15 is 0 Å². The Bertz CT molecular complexity index is 820. The minimum Gasteiger partial charge on any atom is -0.507 e. The van der Waals surface area contributed by atoms with Crippen LogP contribution in [0.2, 0.25) is 0 Å². The lowest BCUT2D eigenvalue weighted by atomic mass is 10.1. The molecule has 1 amide bonds. The van der Waals surface area contributed by atoms with E-state index < -0.39 is 5.56 Å². The van der Waals surface area contributed by atoms with Crippen LogP contribution in [-0.4, -0.2) is 47.1 Å². The number of pyridine rings is 1. The van der Waals surface area contributed by atoms with Crippen LogP contribution in [0.3, 0.4) is 0 Å². The Hall–Kier alpha value is -2.76. The number of aromatic amines is 1. The first kappa shape index (κ1) is 16.1. The molecule has 1 saturated heterocycles. The second-order valence-corrected chi connectivity index (χ2v) is 6.09. The number of aromatic hydroxyl groups is 1. The van der Waals surface area contributed by atoms with Crippen LogP contribution in [-0.2, 0) is 0 Å². The molecule has 1 fully saturated rings. The lowest BCUT2D eigenvalue weighted by molar-refractivity contribution is 0.0743. The van der Waals surface area contributed by atoms with Crippen molar-refractivity contribution in [3.8, 4) is 5.75 Å². The van der Waals surface area contributed by atoms with Crippen molar-refractivity contribution in [2.45, 2.75) is 13.8 Å². The highest BCUT2D eigenvalue weighted by Gasteiger charge is 2.25. The summed E-state index contributed by atoms with van der Waals surface area (Å²) in [5.74, 6) is -0.537. The van der Waals surface area contributed by atoms with Crippen molar-refractivity contribution in [2.24, 2.45) is 0 Å². The van der Waals surface area contributed by atoms with Crippen molar-refractivity contribution in [3.05, 3.63) is 57.5 Å². The van der Waals surface area contributed by atoms with E-state index in [1.54, 1.807) is 4.90 Å². The molecule has 0 unspecified atom stereocenters. The Labute approximate surface area is 140 Å². The van der Waals surface area contributed by atoms with Crippen LogP contribution in [0, 0.1) is 13.8 Å². The maximum Gasteiger partial charge on any atom is 0.259 e. The average molecular weight is 327 g/mol. The van der Waals surface area contributed by atoms with Crippen molar-refractivity contribution in [2.75, 3.05) is 31.1 Å². The number of aromatic nitrogens is 1. The Balaban J connectivity index is 1.72. The molecule has 2 N–H and O–H groups in total. The van der Waals surface area contributed by atoms with E-state index in [0.29, 0.717) is 13.1 Å². The fourth-order valence-electron chi connectivity index (χ4n) is 3.03. The van der Waals surface area contributed by atoms with Crippen LogP contribution in [0.1, 0.15) is 21.5 Å². The molecule has 0 spiro atoms. The highest BCUT2D eigenvalue weighted by molar-refractivity contribution is 5.96. The van der Waals surface area contributed by atoms with E-state index in [1.807, 2.05) is 6.07 Å². The number of nitrogens with zero attached hydrogens (tertiary/aromatic N) is 2. The molecule has 6 heteroatoms. The minimum absolute atomic E-state index is 0.134. The molecule has 3 rings (SSSR count). The monoisotopic (exact) mass is 327 g/mol. The molecular weight excluding hydrogens is 306 g/mol. The van der Waals surface area contributed by atoms with Gasteiger partial charge in [0.25, 0.3) is 11.5 Å². The van der Waals surface area contributed by atoms with Crippen molar-refractivity contribution >= 4 is 11.6 Å². The first-order valence-electron chi connectivity index (χ1n) is 7.99. The van der Waals surface area contributed by atoms with E-state index in [9.17, 15) is 14.7 Å². The molecule has 1 aromatic carbocycles. The van der Waals surface area contributed by atoms with Gasteiger partial charge < -0.3 is 19.9 Å². The molecule has 0 atom stereocenters. The van der Waals surface area contributed by atoms with Crippen LogP contribution in [0.15, 0.2) is 35.3 Å². The molecule has 6 nitrogen and oxygen atoms in total. The average Bonchev–Trinajstić information content (AvgIpc) is 2.57. The molecule has 0 saturated carbocycles. The Morgan fingerprint density at radius 2 is 1.88 bits per heavy atom. The summed E-state index contributed by atoms with van der Waals surface area (Å²) in [4.78, 5) is 30.1. The molecule has 126 valence electrons. The van der Waals surface area contributed by atoms with Crippen molar-refractivity contribution in [1.29, 1.82) is 0 Å². The molecular formula is C18H21N3O3. The molecule has 24 heavy (non-hydrogen) atoms. The van der Waals surface area contributed by atoms with Gasteiger partial charge in [0.15, 0.2) is 0 Å². The van der Waals surface area contributed by atoms with Crippen LogP contribution in [0.4, 0.5) is 5.69 Å². The third-order valence-electron chi connectivity index (χ3n) is 4.62.